The zero-order valence-corrected chi connectivity index (χ0v) is 8.90. The molecule has 1 aromatic heterocycles. The molecule has 0 aliphatic heterocycles. The first-order chi connectivity index (χ1) is 6.72. The zero-order chi connectivity index (χ0) is 11.0. The maximum Gasteiger partial charge on any atom is 0.135 e. The highest BCUT2D eigenvalue weighted by molar-refractivity contribution is 5.77. The highest BCUT2D eigenvalue weighted by Crippen LogP contribution is 1.94. The Kier molecular flexibility index (Phi) is 6.57. The molecule has 0 aromatic carbocycles. The Morgan fingerprint density at radius 2 is 2.21 bits per heavy atom. The van der Waals surface area contributed by atoms with Gasteiger partial charge in [-0.2, -0.15) is 0 Å². The molecule has 0 unspecified atom stereocenters. The van der Waals surface area contributed by atoms with Gasteiger partial charge in [0.1, 0.15) is 5.78 Å². The van der Waals surface area contributed by atoms with Gasteiger partial charge in [-0.1, -0.05) is 19.1 Å². The maximum atomic E-state index is 10.7. The van der Waals surface area contributed by atoms with E-state index in [-0.39, 0.29) is 12.4 Å². The van der Waals surface area contributed by atoms with Crippen LogP contribution >= 0.6 is 0 Å². The molecular weight excluding hydrogens is 182 g/mol. The van der Waals surface area contributed by atoms with Crippen molar-refractivity contribution in [2.75, 3.05) is 6.61 Å². The fourth-order valence-corrected chi connectivity index (χ4v) is 0.886. The third-order valence-corrected chi connectivity index (χ3v) is 1.35. The average molecular weight is 199 g/mol. The number of rotatable bonds is 4. The summed E-state index contributed by atoms with van der Waals surface area (Å²) < 4.78 is 1.51. The van der Waals surface area contributed by atoms with E-state index in [0.29, 0.717) is 18.7 Å². The fourth-order valence-electron chi connectivity index (χ4n) is 0.886. The van der Waals surface area contributed by atoms with Gasteiger partial charge in [-0.25, -0.2) is 4.68 Å². The smallest absolute Gasteiger partial charge is 0.135 e. The van der Waals surface area contributed by atoms with Gasteiger partial charge in [0.2, 0.25) is 0 Å². The lowest BCUT2D eigenvalue weighted by Gasteiger charge is -1.91. The fraction of sp³-hybridized carbons (Fsp3) is 0.667. The summed E-state index contributed by atoms with van der Waals surface area (Å²) in [4.78, 5) is 10.7. The SMILES string of the molecule is CC.CC(=O)Cc1cn(CCO)nn1. The second kappa shape index (κ2) is 7.20. The molecule has 0 radical (unpaired) electrons. The number of Topliss-reactive ketones (excluding diaryl/α,β-unsaturated/α-hetero) is 1. The quantitative estimate of drug-likeness (QED) is 0.763. The number of carbonyl (C=O) groups is 1. The molecule has 1 rings (SSSR count). The van der Waals surface area contributed by atoms with Gasteiger partial charge in [0.05, 0.1) is 25.3 Å². The van der Waals surface area contributed by atoms with Gasteiger partial charge in [0.15, 0.2) is 0 Å². The van der Waals surface area contributed by atoms with Crippen molar-refractivity contribution in [3.8, 4) is 0 Å². The van der Waals surface area contributed by atoms with Crippen LogP contribution in [0.4, 0.5) is 0 Å². The summed E-state index contributed by atoms with van der Waals surface area (Å²) in [6.45, 7) is 5.96. The third kappa shape index (κ3) is 4.71. The Bertz CT molecular complexity index is 271. The maximum absolute atomic E-state index is 10.7. The zero-order valence-electron chi connectivity index (χ0n) is 8.90. The van der Waals surface area contributed by atoms with Gasteiger partial charge in [-0.3, -0.25) is 4.79 Å². The molecular formula is C9H17N3O2. The second-order valence-corrected chi connectivity index (χ2v) is 2.58. The molecule has 0 saturated carbocycles. The van der Waals surface area contributed by atoms with Crippen molar-refractivity contribution in [1.29, 1.82) is 0 Å². The number of aliphatic hydroxyl groups is 1. The molecule has 0 saturated heterocycles. The molecule has 5 nitrogen and oxygen atoms in total. The van der Waals surface area contributed by atoms with Crippen LogP contribution < -0.4 is 0 Å². The topological polar surface area (TPSA) is 68.0 Å². The van der Waals surface area contributed by atoms with Crippen molar-refractivity contribution < 1.29 is 9.90 Å². The van der Waals surface area contributed by atoms with E-state index < -0.39 is 0 Å². The first kappa shape index (κ1) is 12.8. The van der Waals surface area contributed by atoms with Crippen LogP contribution in [-0.2, 0) is 17.8 Å². The van der Waals surface area contributed by atoms with Crippen molar-refractivity contribution >= 4 is 5.78 Å². The second-order valence-electron chi connectivity index (χ2n) is 2.58. The minimum absolute atomic E-state index is 0.0306. The van der Waals surface area contributed by atoms with Crippen LogP contribution in [0.5, 0.6) is 0 Å². The average Bonchev–Trinajstić information content (AvgIpc) is 2.56. The van der Waals surface area contributed by atoms with E-state index in [1.54, 1.807) is 6.20 Å². The van der Waals surface area contributed by atoms with Gasteiger partial charge in [0.25, 0.3) is 0 Å². The van der Waals surface area contributed by atoms with E-state index in [2.05, 4.69) is 10.3 Å². The minimum atomic E-state index is 0.0306. The van der Waals surface area contributed by atoms with Crippen molar-refractivity contribution in [3.05, 3.63) is 11.9 Å². The van der Waals surface area contributed by atoms with E-state index in [4.69, 9.17) is 5.11 Å². The molecule has 0 aliphatic rings. The Morgan fingerprint density at radius 3 is 2.71 bits per heavy atom. The molecule has 0 spiro atoms. The van der Waals surface area contributed by atoms with Crippen LogP contribution in [0, 0.1) is 0 Å². The van der Waals surface area contributed by atoms with E-state index in [9.17, 15) is 4.79 Å². The van der Waals surface area contributed by atoms with Crippen molar-refractivity contribution in [3.63, 3.8) is 0 Å². The molecule has 0 fully saturated rings. The highest BCUT2D eigenvalue weighted by Gasteiger charge is 2.02. The first-order valence-electron chi connectivity index (χ1n) is 4.71. The van der Waals surface area contributed by atoms with Gasteiger partial charge in [0, 0.05) is 6.20 Å². The number of carbonyl (C=O) groups excluding carboxylic acids is 1. The molecule has 0 amide bonds. The molecule has 0 aliphatic carbocycles. The molecule has 1 heterocycles. The van der Waals surface area contributed by atoms with Gasteiger partial charge in [-0.15, -0.1) is 5.10 Å². The number of hydrogen-bond acceptors (Lipinski definition) is 4. The summed E-state index contributed by atoms with van der Waals surface area (Å²) in [5, 5.41) is 16.0. The van der Waals surface area contributed by atoms with Crippen molar-refractivity contribution in [2.45, 2.75) is 33.7 Å². The van der Waals surface area contributed by atoms with E-state index in [1.165, 1.54) is 11.6 Å². The standard InChI is InChI=1S/C7H11N3O2.C2H6/c1-6(12)4-7-5-10(2-3-11)9-8-7;1-2/h5,11H,2-4H2,1H3;1-2H3. The van der Waals surface area contributed by atoms with Gasteiger partial charge >= 0.3 is 0 Å². The summed E-state index contributed by atoms with van der Waals surface area (Å²) >= 11 is 0. The van der Waals surface area contributed by atoms with Crippen LogP contribution in [0.15, 0.2) is 6.20 Å². The van der Waals surface area contributed by atoms with Gasteiger partial charge in [-0.05, 0) is 6.92 Å². The summed E-state index contributed by atoms with van der Waals surface area (Å²) in [7, 11) is 0. The molecule has 80 valence electrons. The predicted octanol–water partition coefficient (Wildman–Crippen LogP) is 0.428. The Hall–Kier alpha value is -1.23. The highest BCUT2D eigenvalue weighted by atomic mass is 16.3. The van der Waals surface area contributed by atoms with E-state index >= 15 is 0 Å². The number of aliphatic hydroxyl groups excluding tert-OH is 1. The lowest BCUT2D eigenvalue weighted by Crippen LogP contribution is -2.02. The molecule has 1 N–H and O–H groups in total. The normalized spacial score (nSPS) is 9.14. The summed E-state index contributed by atoms with van der Waals surface area (Å²) in [6.07, 6.45) is 1.98. The lowest BCUT2D eigenvalue weighted by atomic mass is 10.2. The van der Waals surface area contributed by atoms with E-state index in [1.807, 2.05) is 13.8 Å². The summed E-state index contributed by atoms with van der Waals surface area (Å²) in [5.74, 6) is 0.0612. The third-order valence-electron chi connectivity index (χ3n) is 1.35. The molecule has 0 atom stereocenters. The number of hydrogen-bond donors (Lipinski definition) is 1. The van der Waals surface area contributed by atoms with Crippen LogP contribution in [0.3, 0.4) is 0 Å². The molecule has 5 heteroatoms. The number of nitrogens with zero attached hydrogens (tertiary/aromatic N) is 3. The molecule has 1 aromatic rings. The van der Waals surface area contributed by atoms with E-state index in [0.717, 1.165) is 0 Å². The first-order valence-corrected chi connectivity index (χ1v) is 4.71. The monoisotopic (exact) mass is 199 g/mol. The number of ketones is 1. The summed E-state index contributed by atoms with van der Waals surface area (Å²) in [6, 6.07) is 0. The minimum Gasteiger partial charge on any atom is -0.394 e. The molecule has 14 heavy (non-hydrogen) atoms. The lowest BCUT2D eigenvalue weighted by molar-refractivity contribution is -0.116. The predicted molar refractivity (Wildman–Crippen MR) is 52.8 cm³/mol. The Morgan fingerprint density at radius 1 is 1.57 bits per heavy atom. The summed E-state index contributed by atoms with van der Waals surface area (Å²) in [5.41, 5.74) is 0.649. The Labute approximate surface area is 83.7 Å². The number of aromatic nitrogens is 3. The Balaban J connectivity index is 0.000000791. The van der Waals surface area contributed by atoms with Crippen LogP contribution in [-0.4, -0.2) is 32.5 Å². The largest absolute Gasteiger partial charge is 0.394 e. The van der Waals surface area contributed by atoms with Crippen LogP contribution in [0.2, 0.25) is 0 Å². The van der Waals surface area contributed by atoms with Crippen molar-refractivity contribution in [2.24, 2.45) is 0 Å². The van der Waals surface area contributed by atoms with Gasteiger partial charge < -0.3 is 5.11 Å². The van der Waals surface area contributed by atoms with Crippen molar-refractivity contribution in [1.82, 2.24) is 15.0 Å². The van der Waals surface area contributed by atoms with Crippen LogP contribution in [0.25, 0.3) is 0 Å². The van der Waals surface area contributed by atoms with Crippen LogP contribution in [0.1, 0.15) is 26.5 Å². The molecule has 0 bridgehead atoms.